The van der Waals surface area contributed by atoms with Crippen LogP contribution in [0.2, 0.25) is 0 Å². The molecule has 0 N–H and O–H groups in total. The minimum atomic E-state index is -0.480. The van der Waals surface area contributed by atoms with Gasteiger partial charge in [-0.15, -0.1) is 0 Å². The molecule has 1 amide bonds. The lowest BCUT2D eigenvalue weighted by Gasteiger charge is -2.29. The van der Waals surface area contributed by atoms with Crippen LogP contribution in [0.4, 0.5) is 20.6 Å². The van der Waals surface area contributed by atoms with Crippen LogP contribution in [0, 0.1) is 5.82 Å². The number of nitrogens with zero attached hydrogens (tertiary/aromatic N) is 2. The van der Waals surface area contributed by atoms with E-state index >= 15 is 0 Å². The van der Waals surface area contributed by atoms with Gasteiger partial charge < -0.3 is 19.1 Å². The Labute approximate surface area is 163 Å². The van der Waals surface area contributed by atoms with Crippen molar-refractivity contribution in [2.24, 2.45) is 0 Å². The van der Waals surface area contributed by atoms with Crippen molar-refractivity contribution in [1.29, 1.82) is 0 Å². The molecule has 0 spiro atoms. The largest absolute Gasteiger partial charge is 0.441 e. The van der Waals surface area contributed by atoms with Gasteiger partial charge in [0.05, 0.1) is 44.3 Å². The van der Waals surface area contributed by atoms with Crippen molar-refractivity contribution in [1.82, 2.24) is 0 Å². The van der Waals surface area contributed by atoms with Gasteiger partial charge in [-0.1, -0.05) is 30.3 Å². The number of benzene rings is 2. The van der Waals surface area contributed by atoms with E-state index in [1.807, 2.05) is 35.2 Å². The number of halogens is 1. The minimum absolute atomic E-state index is 0.297. The first-order valence-electron chi connectivity index (χ1n) is 9.43. The minimum Gasteiger partial charge on any atom is -0.441 e. The fourth-order valence-electron chi connectivity index (χ4n) is 3.43. The molecule has 1 unspecified atom stereocenters. The molecular weight excluding hydrogens is 363 g/mol. The molecule has 2 aliphatic heterocycles. The predicted molar refractivity (Wildman–Crippen MR) is 103 cm³/mol. The second-order valence-corrected chi connectivity index (χ2v) is 6.85. The first kappa shape index (κ1) is 18.7. The third-order valence-corrected chi connectivity index (χ3v) is 4.88. The molecule has 4 rings (SSSR count). The topological polar surface area (TPSA) is 51.2 Å². The fraction of sp³-hybridized carbons (Fsp3) is 0.381. The molecule has 2 aliphatic rings. The van der Waals surface area contributed by atoms with E-state index in [1.54, 1.807) is 12.1 Å². The lowest BCUT2D eigenvalue weighted by molar-refractivity contribution is 0.0381. The highest BCUT2D eigenvalue weighted by molar-refractivity contribution is 5.90. The summed E-state index contributed by atoms with van der Waals surface area (Å²) in [7, 11) is 0. The van der Waals surface area contributed by atoms with E-state index in [0.29, 0.717) is 57.4 Å². The number of anilines is 2. The van der Waals surface area contributed by atoms with Crippen molar-refractivity contribution in [2.75, 3.05) is 49.3 Å². The molecule has 28 heavy (non-hydrogen) atoms. The predicted octanol–water partition coefficient (Wildman–Crippen LogP) is 3.20. The number of cyclic esters (lactones) is 1. The monoisotopic (exact) mass is 386 g/mol. The Balaban J connectivity index is 1.35. The van der Waals surface area contributed by atoms with Gasteiger partial charge in [0, 0.05) is 13.1 Å². The van der Waals surface area contributed by atoms with Crippen LogP contribution in [0.1, 0.15) is 5.56 Å². The Morgan fingerprint density at radius 1 is 1.11 bits per heavy atom. The van der Waals surface area contributed by atoms with Crippen molar-refractivity contribution in [3.63, 3.8) is 0 Å². The highest BCUT2D eigenvalue weighted by atomic mass is 19.1. The van der Waals surface area contributed by atoms with Crippen LogP contribution in [-0.4, -0.2) is 51.7 Å². The Morgan fingerprint density at radius 3 is 2.64 bits per heavy atom. The van der Waals surface area contributed by atoms with Crippen LogP contribution in [-0.2, 0) is 20.8 Å². The zero-order valence-corrected chi connectivity index (χ0v) is 15.6. The highest BCUT2D eigenvalue weighted by Gasteiger charge is 2.33. The second-order valence-electron chi connectivity index (χ2n) is 6.85. The number of rotatable bonds is 6. The number of hydrogen-bond acceptors (Lipinski definition) is 5. The number of hydrogen-bond donors (Lipinski definition) is 0. The van der Waals surface area contributed by atoms with Gasteiger partial charge in [0.15, 0.2) is 0 Å². The molecule has 0 bridgehead atoms. The standard InChI is InChI=1S/C21H23FN2O4/c22-19-12-17(6-7-20(19)23-8-10-26-11-9-23)24-13-18(28-21(24)25)15-27-14-16-4-2-1-3-5-16/h1-7,12,18H,8-11,13-15H2. The number of ether oxygens (including phenoxy) is 3. The van der Waals surface area contributed by atoms with Crippen molar-refractivity contribution in [3.05, 3.63) is 59.9 Å². The Hall–Kier alpha value is -2.64. The maximum Gasteiger partial charge on any atom is 0.414 e. The maximum absolute atomic E-state index is 14.6. The number of carbonyl (C=O) groups is 1. The molecule has 2 fully saturated rings. The summed E-state index contributed by atoms with van der Waals surface area (Å²) in [6.45, 7) is 3.58. The smallest absolute Gasteiger partial charge is 0.414 e. The first-order chi connectivity index (χ1) is 13.7. The summed E-state index contributed by atoms with van der Waals surface area (Å²) < 4.78 is 31.0. The van der Waals surface area contributed by atoms with E-state index in [9.17, 15) is 9.18 Å². The van der Waals surface area contributed by atoms with Gasteiger partial charge in [-0.2, -0.15) is 0 Å². The van der Waals surface area contributed by atoms with Crippen molar-refractivity contribution in [3.8, 4) is 0 Å². The number of amides is 1. The molecule has 2 aromatic carbocycles. The molecule has 2 saturated heterocycles. The lowest BCUT2D eigenvalue weighted by Crippen LogP contribution is -2.36. The number of morpholine rings is 1. The molecule has 0 radical (unpaired) electrons. The molecule has 0 saturated carbocycles. The molecule has 6 nitrogen and oxygen atoms in total. The Bertz CT molecular complexity index is 811. The molecule has 7 heteroatoms. The Morgan fingerprint density at radius 2 is 1.89 bits per heavy atom. The SMILES string of the molecule is O=C1OC(COCc2ccccc2)CN1c1ccc(N2CCOCC2)c(F)c1. The maximum atomic E-state index is 14.6. The normalized spacial score (nSPS) is 19.8. The molecule has 0 aromatic heterocycles. The summed E-state index contributed by atoms with van der Waals surface area (Å²) in [5.41, 5.74) is 2.08. The van der Waals surface area contributed by atoms with Crippen molar-refractivity contribution >= 4 is 17.5 Å². The molecule has 2 aromatic rings. The van der Waals surface area contributed by atoms with Crippen LogP contribution >= 0.6 is 0 Å². The van der Waals surface area contributed by atoms with Gasteiger partial charge >= 0.3 is 6.09 Å². The van der Waals surface area contributed by atoms with Crippen LogP contribution in [0.25, 0.3) is 0 Å². The molecule has 1 atom stereocenters. The van der Waals surface area contributed by atoms with Crippen molar-refractivity contribution < 1.29 is 23.4 Å². The van der Waals surface area contributed by atoms with E-state index < -0.39 is 6.09 Å². The van der Waals surface area contributed by atoms with Crippen molar-refractivity contribution in [2.45, 2.75) is 12.7 Å². The molecule has 0 aliphatic carbocycles. The van der Waals surface area contributed by atoms with E-state index in [-0.39, 0.29) is 11.9 Å². The first-order valence-corrected chi connectivity index (χ1v) is 9.43. The fourth-order valence-corrected chi connectivity index (χ4v) is 3.43. The van der Waals surface area contributed by atoms with E-state index in [1.165, 1.54) is 11.0 Å². The van der Waals surface area contributed by atoms with E-state index in [0.717, 1.165) is 5.56 Å². The summed E-state index contributed by atoms with van der Waals surface area (Å²) in [6, 6.07) is 14.7. The molecule has 2 heterocycles. The summed E-state index contributed by atoms with van der Waals surface area (Å²) in [6.07, 6.45) is -0.856. The third-order valence-electron chi connectivity index (χ3n) is 4.88. The zero-order valence-electron chi connectivity index (χ0n) is 15.6. The molecule has 148 valence electrons. The van der Waals surface area contributed by atoms with Crippen LogP contribution in [0.15, 0.2) is 48.5 Å². The van der Waals surface area contributed by atoms with Crippen LogP contribution in [0.5, 0.6) is 0 Å². The highest BCUT2D eigenvalue weighted by Crippen LogP contribution is 2.28. The second kappa shape index (κ2) is 8.58. The van der Waals surface area contributed by atoms with Gasteiger partial charge in [-0.25, -0.2) is 9.18 Å². The quantitative estimate of drug-likeness (QED) is 0.763. The average Bonchev–Trinajstić information content (AvgIpc) is 3.10. The molecular formula is C21H23FN2O4. The average molecular weight is 386 g/mol. The third kappa shape index (κ3) is 4.26. The van der Waals surface area contributed by atoms with Gasteiger partial charge in [-0.3, -0.25) is 4.90 Å². The lowest BCUT2D eigenvalue weighted by atomic mass is 10.2. The van der Waals surface area contributed by atoms with E-state index in [4.69, 9.17) is 14.2 Å². The number of carbonyl (C=O) groups excluding carboxylic acids is 1. The van der Waals surface area contributed by atoms with Gasteiger partial charge in [-0.05, 0) is 23.8 Å². The van der Waals surface area contributed by atoms with E-state index in [2.05, 4.69) is 0 Å². The summed E-state index contributed by atoms with van der Waals surface area (Å²) in [4.78, 5) is 15.6. The van der Waals surface area contributed by atoms with Crippen LogP contribution in [0.3, 0.4) is 0 Å². The summed E-state index contributed by atoms with van der Waals surface area (Å²) >= 11 is 0. The zero-order chi connectivity index (χ0) is 19.3. The van der Waals surface area contributed by atoms with Crippen LogP contribution < -0.4 is 9.80 Å². The summed E-state index contributed by atoms with van der Waals surface area (Å²) in [5.74, 6) is -0.351. The van der Waals surface area contributed by atoms with Gasteiger partial charge in [0.1, 0.15) is 11.9 Å². The van der Waals surface area contributed by atoms with Gasteiger partial charge in [0.25, 0.3) is 0 Å². The Kier molecular flexibility index (Phi) is 5.73. The van der Waals surface area contributed by atoms with Gasteiger partial charge in [0.2, 0.25) is 0 Å². The summed E-state index contributed by atoms with van der Waals surface area (Å²) in [5, 5.41) is 0.